The van der Waals surface area contributed by atoms with Crippen LogP contribution in [0.25, 0.3) is 5.69 Å². The van der Waals surface area contributed by atoms with E-state index in [1.165, 1.54) is 18.2 Å². The van der Waals surface area contributed by atoms with Crippen molar-refractivity contribution in [1.29, 1.82) is 0 Å². The molecule has 0 saturated carbocycles. The molecule has 0 spiro atoms. The van der Waals surface area contributed by atoms with Gasteiger partial charge in [-0.2, -0.15) is 9.78 Å². The summed E-state index contributed by atoms with van der Waals surface area (Å²) in [5, 5.41) is 6.73. The third-order valence-electron chi connectivity index (χ3n) is 5.43. The van der Waals surface area contributed by atoms with Crippen molar-refractivity contribution in [3.05, 3.63) is 128 Å². The van der Waals surface area contributed by atoms with Gasteiger partial charge in [-0.1, -0.05) is 72.3 Å². The van der Waals surface area contributed by atoms with Crippen molar-refractivity contribution in [3.63, 3.8) is 0 Å². The van der Waals surface area contributed by atoms with Gasteiger partial charge >= 0.3 is 5.69 Å². The Balaban J connectivity index is 1.83. The quantitative estimate of drug-likeness (QED) is 0.480. The largest absolute Gasteiger partial charge is 0.352 e. The van der Waals surface area contributed by atoms with Crippen LogP contribution in [0.3, 0.4) is 0 Å². The molecule has 0 aliphatic carbocycles. The minimum atomic E-state index is -0.850. The summed E-state index contributed by atoms with van der Waals surface area (Å²) in [4.78, 5) is 39.5. The molecule has 0 fully saturated rings. The van der Waals surface area contributed by atoms with Crippen LogP contribution in [0.5, 0.6) is 0 Å². The molecule has 1 atom stereocenters. The lowest BCUT2D eigenvalue weighted by atomic mass is 10.1. The highest BCUT2D eigenvalue weighted by Crippen LogP contribution is 2.13. The maximum absolute atomic E-state index is 14.5. The van der Waals surface area contributed by atoms with Gasteiger partial charge in [-0.25, -0.2) is 9.18 Å². The van der Waals surface area contributed by atoms with Gasteiger partial charge in [-0.05, 0) is 37.1 Å². The van der Waals surface area contributed by atoms with Gasteiger partial charge in [0.05, 0.1) is 12.6 Å². The second-order valence-electron chi connectivity index (χ2n) is 7.98. The number of hydrogen-bond acceptors (Lipinski definition) is 4. The minimum Gasteiger partial charge on any atom is -0.344 e. The van der Waals surface area contributed by atoms with Gasteiger partial charge in [0.2, 0.25) is 5.69 Å². The molecule has 4 rings (SSSR count). The van der Waals surface area contributed by atoms with Crippen molar-refractivity contribution < 1.29 is 9.18 Å². The number of amides is 1. The fourth-order valence-electron chi connectivity index (χ4n) is 3.66. The van der Waals surface area contributed by atoms with Crippen molar-refractivity contribution in [2.45, 2.75) is 26.4 Å². The SMILES string of the molecule is Cc1cccc(Cn2c(=O)c(C(=O)NC(C)c3ccccc3)nn(-c3ccccc3F)c2=O)c1. The number of carbonyl (C=O) groups is 1. The summed E-state index contributed by atoms with van der Waals surface area (Å²) in [6.45, 7) is 3.57. The average molecular weight is 458 g/mol. The molecule has 1 amide bonds. The fourth-order valence-corrected chi connectivity index (χ4v) is 3.66. The molecule has 0 radical (unpaired) electrons. The van der Waals surface area contributed by atoms with E-state index in [4.69, 9.17) is 0 Å². The number of carbonyl (C=O) groups excluding carboxylic acids is 1. The lowest BCUT2D eigenvalue weighted by molar-refractivity contribution is 0.0930. The summed E-state index contributed by atoms with van der Waals surface area (Å²) < 4.78 is 16.2. The summed E-state index contributed by atoms with van der Waals surface area (Å²) in [5.74, 6) is -1.47. The van der Waals surface area contributed by atoms with Crippen LogP contribution in [0, 0.1) is 12.7 Å². The number of nitrogens with one attached hydrogen (secondary N) is 1. The molecule has 4 aromatic rings. The van der Waals surface area contributed by atoms with E-state index in [9.17, 15) is 18.8 Å². The molecule has 172 valence electrons. The zero-order chi connectivity index (χ0) is 24.2. The maximum atomic E-state index is 14.5. The molecule has 1 unspecified atom stereocenters. The Hall–Kier alpha value is -4.33. The molecule has 0 saturated heterocycles. The van der Waals surface area contributed by atoms with Crippen LogP contribution in [0.15, 0.2) is 88.5 Å². The first-order chi connectivity index (χ1) is 16.3. The van der Waals surface area contributed by atoms with Crippen LogP contribution in [0.2, 0.25) is 0 Å². The predicted molar refractivity (Wildman–Crippen MR) is 127 cm³/mol. The van der Waals surface area contributed by atoms with Gasteiger partial charge in [0.25, 0.3) is 11.5 Å². The Morgan fingerprint density at radius 2 is 1.71 bits per heavy atom. The Labute approximate surface area is 195 Å². The van der Waals surface area contributed by atoms with Crippen molar-refractivity contribution in [2.24, 2.45) is 0 Å². The molecule has 0 aliphatic rings. The number of aryl methyl sites for hydroxylation is 1. The van der Waals surface area contributed by atoms with E-state index in [0.29, 0.717) is 5.56 Å². The molecule has 8 heteroatoms. The van der Waals surface area contributed by atoms with Gasteiger partial charge in [-0.3, -0.25) is 14.2 Å². The smallest absolute Gasteiger partial charge is 0.344 e. The number of halogens is 1. The van der Waals surface area contributed by atoms with E-state index in [-0.39, 0.29) is 12.2 Å². The van der Waals surface area contributed by atoms with Crippen LogP contribution in [-0.2, 0) is 6.54 Å². The van der Waals surface area contributed by atoms with E-state index in [1.54, 1.807) is 25.1 Å². The highest BCUT2D eigenvalue weighted by atomic mass is 19.1. The minimum absolute atomic E-state index is 0.0924. The summed E-state index contributed by atoms with van der Waals surface area (Å²) in [6, 6.07) is 21.6. The zero-order valence-electron chi connectivity index (χ0n) is 18.7. The van der Waals surface area contributed by atoms with Crippen LogP contribution in [-0.4, -0.2) is 20.3 Å². The monoisotopic (exact) mass is 458 g/mol. The third kappa shape index (κ3) is 4.71. The molecule has 1 N–H and O–H groups in total. The molecule has 0 bridgehead atoms. The van der Waals surface area contributed by atoms with Crippen molar-refractivity contribution >= 4 is 5.91 Å². The predicted octanol–water partition coefficient (Wildman–Crippen LogP) is 3.38. The number of hydrogen-bond donors (Lipinski definition) is 1. The molecular weight excluding hydrogens is 435 g/mol. The number of benzene rings is 3. The molecule has 1 heterocycles. The molecule has 1 aromatic heterocycles. The standard InChI is InChI=1S/C26H23FN4O3/c1-17-9-8-10-19(15-17)16-30-25(33)23(24(32)28-18(2)20-11-4-3-5-12-20)29-31(26(30)34)22-14-7-6-13-21(22)27/h3-15,18H,16H2,1-2H3,(H,28,32). The highest BCUT2D eigenvalue weighted by molar-refractivity contribution is 5.92. The first-order valence-corrected chi connectivity index (χ1v) is 10.8. The van der Waals surface area contributed by atoms with Crippen molar-refractivity contribution in [3.8, 4) is 5.69 Å². The van der Waals surface area contributed by atoms with Crippen LogP contribution >= 0.6 is 0 Å². The van der Waals surface area contributed by atoms with Crippen LogP contribution in [0.4, 0.5) is 4.39 Å². The van der Waals surface area contributed by atoms with E-state index >= 15 is 0 Å². The number of nitrogens with zero attached hydrogens (tertiary/aromatic N) is 3. The second kappa shape index (κ2) is 9.66. The Bertz CT molecular complexity index is 1460. The van der Waals surface area contributed by atoms with Gasteiger partial charge in [0, 0.05) is 0 Å². The van der Waals surface area contributed by atoms with Gasteiger partial charge in [0.1, 0.15) is 11.5 Å². The van der Waals surface area contributed by atoms with Gasteiger partial charge in [-0.15, -0.1) is 0 Å². The summed E-state index contributed by atoms with van der Waals surface area (Å²) in [7, 11) is 0. The van der Waals surface area contributed by atoms with Crippen LogP contribution < -0.4 is 16.6 Å². The lowest BCUT2D eigenvalue weighted by Gasteiger charge is -2.16. The highest BCUT2D eigenvalue weighted by Gasteiger charge is 2.23. The molecule has 0 aliphatic heterocycles. The molecule has 7 nitrogen and oxygen atoms in total. The maximum Gasteiger partial charge on any atom is 0.352 e. The Morgan fingerprint density at radius 3 is 2.41 bits per heavy atom. The first-order valence-electron chi connectivity index (χ1n) is 10.8. The zero-order valence-corrected chi connectivity index (χ0v) is 18.7. The Morgan fingerprint density at radius 1 is 1.00 bits per heavy atom. The summed E-state index contributed by atoms with van der Waals surface area (Å²) in [5.41, 5.74) is 0.117. The van der Waals surface area contributed by atoms with Gasteiger partial charge in [0.15, 0.2) is 0 Å². The number of aromatic nitrogens is 3. The molecule has 34 heavy (non-hydrogen) atoms. The third-order valence-corrected chi connectivity index (χ3v) is 5.43. The average Bonchev–Trinajstić information content (AvgIpc) is 2.83. The topological polar surface area (TPSA) is 86.0 Å². The lowest BCUT2D eigenvalue weighted by Crippen LogP contribution is -2.46. The summed E-state index contributed by atoms with van der Waals surface area (Å²) in [6.07, 6.45) is 0. The van der Waals surface area contributed by atoms with Crippen molar-refractivity contribution in [1.82, 2.24) is 19.7 Å². The normalized spacial score (nSPS) is 11.7. The van der Waals surface area contributed by atoms with E-state index in [2.05, 4.69) is 10.4 Å². The summed E-state index contributed by atoms with van der Waals surface area (Å²) >= 11 is 0. The van der Waals surface area contributed by atoms with Gasteiger partial charge < -0.3 is 5.32 Å². The molecule has 3 aromatic carbocycles. The van der Waals surface area contributed by atoms with E-state index < -0.39 is 34.7 Å². The number of para-hydroxylation sites is 1. The second-order valence-corrected chi connectivity index (χ2v) is 7.98. The van der Waals surface area contributed by atoms with E-state index in [1.807, 2.05) is 49.4 Å². The first kappa shape index (κ1) is 22.8. The molecular formula is C26H23FN4O3. The van der Waals surface area contributed by atoms with Crippen LogP contribution in [0.1, 0.15) is 40.1 Å². The number of rotatable bonds is 6. The Kier molecular flexibility index (Phi) is 6.49. The van der Waals surface area contributed by atoms with E-state index in [0.717, 1.165) is 20.4 Å². The fraction of sp³-hybridized carbons (Fsp3) is 0.154. The van der Waals surface area contributed by atoms with Crippen molar-refractivity contribution in [2.75, 3.05) is 0 Å².